The fraction of sp³-hybridized carbons (Fsp3) is 1.00. The Bertz CT molecular complexity index is 60.6. The van der Waals surface area contributed by atoms with Crippen molar-refractivity contribution in [2.45, 2.75) is 0 Å². The van der Waals surface area contributed by atoms with E-state index >= 15 is 0 Å². The van der Waals surface area contributed by atoms with Gasteiger partial charge in [-0.3, -0.25) is 4.90 Å². The van der Waals surface area contributed by atoms with E-state index in [4.69, 9.17) is 15.3 Å². The van der Waals surface area contributed by atoms with E-state index in [1.165, 1.54) is 0 Å². The monoisotopic (exact) mass is 191 g/mol. The van der Waals surface area contributed by atoms with Crippen LogP contribution in [0, 0.1) is 0 Å². The van der Waals surface area contributed by atoms with Crippen LogP contribution in [0.1, 0.15) is 0 Å². The minimum absolute atomic E-state index is 0. The van der Waals surface area contributed by atoms with E-state index in [9.17, 15) is 0 Å². The van der Waals surface area contributed by atoms with Crippen LogP contribution in [0.25, 0.3) is 0 Å². The Morgan fingerprint density at radius 3 is 1.18 bits per heavy atom. The number of hydrogen-bond donors (Lipinski definition) is 3. The number of nitrogens with zero attached hydrogens (tertiary/aromatic N) is 1. The average molecular weight is 191 g/mol. The molecule has 0 aliphatic rings. The summed E-state index contributed by atoms with van der Waals surface area (Å²) >= 11 is 0. The molecule has 0 spiro atoms. The molecule has 0 unspecified atom stereocenters. The molecule has 0 aromatic carbocycles. The van der Waals surface area contributed by atoms with Crippen LogP contribution < -0.4 is 0 Å². The van der Waals surface area contributed by atoms with Gasteiger partial charge in [-0.25, -0.2) is 0 Å². The van der Waals surface area contributed by atoms with Gasteiger partial charge in [0.2, 0.25) is 0 Å². The molecule has 5 heteroatoms. The second kappa shape index (κ2) is 11.1. The third-order valence-electron chi connectivity index (χ3n) is 1.25. The second-order valence-corrected chi connectivity index (χ2v) is 2.01. The fourth-order valence-electron chi connectivity index (χ4n) is 0.760. The molecule has 0 amide bonds. The molecule has 0 saturated carbocycles. The predicted molar refractivity (Wildman–Crippen MR) is 46.2 cm³/mol. The van der Waals surface area contributed by atoms with Crippen molar-refractivity contribution >= 4 is 37.7 Å². The summed E-state index contributed by atoms with van der Waals surface area (Å²) in [6, 6.07) is 0. The van der Waals surface area contributed by atoms with Gasteiger partial charge in [0.15, 0.2) is 0 Å². The normalized spacial score (nSPS) is 9.82. The van der Waals surface area contributed by atoms with Crippen molar-refractivity contribution in [2.75, 3.05) is 39.5 Å². The first kappa shape index (κ1) is 14.6. The Kier molecular flexibility index (Phi) is 14.7. The summed E-state index contributed by atoms with van der Waals surface area (Å²) in [5.74, 6) is 0. The van der Waals surface area contributed by atoms with Crippen LogP contribution >= 0.6 is 0 Å². The van der Waals surface area contributed by atoms with Crippen LogP contribution in [0.2, 0.25) is 0 Å². The van der Waals surface area contributed by atoms with Crippen molar-refractivity contribution < 1.29 is 15.3 Å². The number of hydrogen-bond acceptors (Lipinski definition) is 4. The molecule has 4 nitrogen and oxygen atoms in total. The SMILES string of the molecule is OCCN(CCO)CCO.[CaH2]. The van der Waals surface area contributed by atoms with Gasteiger partial charge in [0.05, 0.1) is 19.8 Å². The molecule has 0 bridgehead atoms. The molecule has 3 N–H and O–H groups in total. The van der Waals surface area contributed by atoms with Gasteiger partial charge in [0.1, 0.15) is 0 Å². The minimum atomic E-state index is 0. The Morgan fingerprint density at radius 2 is 1.00 bits per heavy atom. The van der Waals surface area contributed by atoms with E-state index in [1.807, 2.05) is 0 Å². The van der Waals surface area contributed by atoms with Gasteiger partial charge in [-0.2, -0.15) is 0 Å². The van der Waals surface area contributed by atoms with Crippen molar-refractivity contribution in [2.24, 2.45) is 0 Å². The van der Waals surface area contributed by atoms with Crippen LogP contribution in [0.5, 0.6) is 0 Å². The van der Waals surface area contributed by atoms with Crippen molar-refractivity contribution in [3.63, 3.8) is 0 Å². The maximum atomic E-state index is 8.48. The first-order chi connectivity index (χ1) is 4.85. The first-order valence-corrected chi connectivity index (χ1v) is 3.40. The molecular weight excluding hydrogens is 174 g/mol. The van der Waals surface area contributed by atoms with E-state index in [2.05, 4.69) is 0 Å². The van der Waals surface area contributed by atoms with Crippen molar-refractivity contribution in [1.29, 1.82) is 0 Å². The van der Waals surface area contributed by atoms with Crippen molar-refractivity contribution in [1.82, 2.24) is 4.90 Å². The van der Waals surface area contributed by atoms with Crippen LogP contribution in [0.4, 0.5) is 0 Å². The van der Waals surface area contributed by atoms with Gasteiger partial charge in [-0.15, -0.1) is 0 Å². The molecule has 0 aliphatic carbocycles. The molecule has 0 heterocycles. The van der Waals surface area contributed by atoms with Crippen molar-refractivity contribution in [3.8, 4) is 0 Å². The topological polar surface area (TPSA) is 63.9 Å². The van der Waals surface area contributed by atoms with Gasteiger partial charge < -0.3 is 15.3 Å². The Balaban J connectivity index is 0. The molecule has 0 aromatic rings. The zero-order valence-electron chi connectivity index (χ0n) is 6.03. The summed E-state index contributed by atoms with van der Waals surface area (Å²) < 4.78 is 0. The van der Waals surface area contributed by atoms with Crippen LogP contribution in [0.3, 0.4) is 0 Å². The van der Waals surface area contributed by atoms with Gasteiger partial charge in [-0.1, -0.05) is 0 Å². The number of aliphatic hydroxyl groups is 3. The summed E-state index contributed by atoms with van der Waals surface area (Å²) in [4.78, 5) is 1.79. The van der Waals surface area contributed by atoms with Crippen molar-refractivity contribution in [3.05, 3.63) is 0 Å². The van der Waals surface area contributed by atoms with Gasteiger partial charge in [0, 0.05) is 19.6 Å². The zero-order chi connectivity index (χ0) is 7.82. The number of aliphatic hydroxyl groups excluding tert-OH is 3. The summed E-state index contributed by atoms with van der Waals surface area (Å²) in [5, 5.41) is 25.5. The number of rotatable bonds is 6. The molecule has 0 radical (unpaired) electrons. The molecule has 0 rings (SSSR count). The Hall–Kier alpha value is 1.10. The first-order valence-electron chi connectivity index (χ1n) is 3.40. The second-order valence-electron chi connectivity index (χ2n) is 2.01. The van der Waals surface area contributed by atoms with Crippen LogP contribution in [0.15, 0.2) is 0 Å². The molecular formula is C6H17CaNO3. The van der Waals surface area contributed by atoms with E-state index < -0.39 is 0 Å². The zero-order valence-corrected chi connectivity index (χ0v) is 6.03. The van der Waals surface area contributed by atoms with Gasteiger partial charge in [-0.05, 0) is 0 Å². The average Bonchev–Trinajstić information content (AvgIpc) is 1.90. The molecule has 0 atom stereocenters. The van der Waals surface area contributed by atoms with Crippen LogP contribution in [-0.2, 0) is 0 Å². The molecule has 66 valence electrons. The maximum absolute atomic E-state index is 8.48. The third-order valence-corrected chi connectivity index (χ3v) is 1.25. The third kappa shape index (κ3) is 9.01. The fourth-order valence-corrected chi connectivity index (χ4v) is 0.760. The van der Waals surface area contributed by atoms with Crippen LogP contribution in [-0.4, -0.2) is 97.4 Å². The standard InChI is InChI=1S/C6H15NO3.Ca.2H/c8-4-1-7(2-5-9)3-6-10;;;/h8-10H,1-6H2;;;. The van der Waals surface area contributed by atoms with E-state index in [0.29, 0.717) is 19.6 Å². The molecule has 0 aliphatic heterocycles. The Labute approximate surface area is 96.8 Å². The molecule has 0 fully saturated rings. The van der Waals surface area contributed by atoms with E-state index in [0.717, 1.165) is 0 Å². The summed E-state index contributed by atoms with van der Waals surface area (Å²) in [6.45, 7) is 1.75. The van der Waals surface area contributed by atoms with E-state index in [1.54, 1.807) is 4.90 Å². The van der Waals surface area contributed by atoms with Gasteiger partial charge in [0.25, 0.3) is 0 Å². The molecule has 0 saturated heterocycles. The van der Waals surface area contributed by atoms with E-state index in [-0.39, 0.29) is 57.6 Å². The van der Waals surface area contributed by atoms with Gasteiger partial charge >= 0.3 is 37.7 Å². The Morgan fingerprint density at radius 1 is 0.727 bits per heavy atom. The summed E-state index contributed by atoms with van der Waals surface area (Å²) in [6.07, 6.45) is 0. The quantitative estimate of drug-likeness (QED) is 0.401. The summed E-state index contributed by atoms with van der Waals surface area (Å²) in [7, 11) is 0. The molecule has 11 heavy (non-hydrogen) atoms. The summed E-state index contributed by atoms with van der Waals surface area (Å²) in [5.41, 5.74) is 0. The predicted octanol–water partition coefficient (Wildman–Crippen LogP) is -2.65. The molecule has 0 aromatic heterocycles.